The van der Waals surface area contributed by atoms with Gasteiger partial charge in [-0.25, -0.2) is 0 Å². The van der Waals surface area contributed by atoms with Crippen molar-refractivity contribution < 1.29 is 19.1 Å². The van der Waals surface area contributed by atoms with Gasteiger partial charge in [0.05, 0.1) is 12.5 Å². The molecule has 5 heteroatoms. The molecule has 2 aliphatic carbocycles. The Hall–Kier alpha value is -0.770. The molecule has 16 heavy (non-hydrogen) atoms. The number of halogens is 1. The van der Waals surface area contributed by atoms with Crippen LogP contribution in [0.4, 0.5) is 0 Å². The summed E-state index contributed by atoms with van der Waals surface area (Å²) in [4.78, 5) is 22.6. The first kappa shape index (κ1) is 10.4. The molecule has 5 atom stereocenters. The average Bonchev–Trinajstić information content (AvgIpc) is 2.91. The highest BCUT2D eigenvalue weighted by molar-refractivity contribution is 6.26. The summed E-state index contributed by atoms with van der Waals surface area (Å²) in [7, 11) is 0. The second-order valence-electron chi connectivity index (χ2n) is 4.88. The Morgan fingerprint density at radius 3 is 3.00 bits per heavy atom. The van der Waals surface area contributed by atoms with Gasteiger partial charge in [-0.1, -0.05) is 0 Å². The van der Waals surface area contributed by atoms with E-state index >= 15 is 0 Å². The standard InChI is InChI=1S/C11H13ClO4/c12-3-9(13)16-8-2-5-1-6(8)7-4-15-11(14)10(5)7/h5-8,10H,1-4H2. The first-order chi connectivity index (χ1) is 7.70. The predicted molar refractivity (Wildman–Crippen MR) is 54.8 cm³/mol. The summed E-state index contributed by atoms with van der Waals surface area (Å²) in [6, 6.07) is 0. The third-order valence-corrected chi connectivity index (χ3v) is 4.41. The Labute approximate surface area is 98.2 Å². The van der Waals surface area contributed by atoms with Crippen molar-refractivity contribution >= 4 is 23.5 Å². The predicted octanol–water partition coefficient (Wildman–Crippen LogP) is 0.966. The Bertz CT molecular complexity index is 343. The number of esters is 2. The lowest BCUT2D eigenvalue weighted by atomic mass is 9.80. The van der Waals surface area contributed by atoms with E-state index in [1.54, 1.807) is 0 Å². The maximum Gasteiger partial charge on any atom is 0.321 e. The van der Waals surface area contributed by atoms with Crippen LogP contribution in [-0.2, 0) is 19.1 Å². The molecule has 1 aliphatic heterocycles. The van der Waals surface area contributed by atoms with Gasteiger partial charge in [0.25, 0.3) is 0 Å². The van der Waals surface area contributed by atoms with E-state index in [2.05, 4.69) is 0 Å². The molecule has 3 rings (SSSR count). The van der Waals surface area contributed by atoms with Crippen molar-refractivity contribution in [3.05, 3.63) is 0 Å². The molecule has 0 amide bonds. The summed E-state index contributed by atoms with van der Waals surface area (Å²) in [5.41, 5.74) is 0. The summed E-state index contributed by atoms with van der Waals surface area (Å²) in [5.74, 6) is 0.458. The third-order valence-electron chi connectivity index (χ3n) is 4.19. The van der Waals surface area contributed by atoms with E-state index in [1.807, 2.05) is 0 Å². The maximum atomic E-state index is 11.5. The molecule has 0 aromatic carbocycles. The van der Waals surface area contributed by atoms with Crippen molar-refractivity contribution in [1.82, 2.24) is 0 Å². The molecule has 1 saturated heterocycles. The van der Waals surface area contributed by atoms with Gasteiger partial charge < -0.3 is 9.47 Å². The smallest absolute Gasteiger partial charge is 0.321 e. The number of ether oxygens (including phenoxy) is 2. The van der Waals surface area contributed by atoms with Gasteiger partial charge in [-0.3, -0.25) is 9.59 Å². The number of carbonyl (C=O) groups is 2. The van der Waals surface area contributed by atoms with Crippen LogP contribution in [0.15, 0.2) is 0 Å². The SMILES string of the molecule is O=C(CCl)OC1CC2CC1C1COC(=O)C21. The zero-order chi connectivity index (χ0) is 11.3. The van der Waals surface area contributed by atoms with E-state index in [0.29, 0.717) is 18.4 Å². The minimum absolute atomic E-state index is 0.0491. The molecule has 2 saturated carbocycles. The second kappa shape index (κ2) is 3.62. The quantitative estimate of drug-likeness (QED) is 0.537. The number of rotatable bonds is 2. The Morgan fingerprint density at radius 2 is 2.25 bits per heavy atom. The van der Waals surface area contributed by atoms with Crippen molar-refractivity contribution in [1.29, 1.82) is 0 Å². The summed E-state index contributed by atoms with van der Waals surface area (Å²) in [5, 5.41) is 0. The van der Waals surface area contributed by atoms with E-state index in [9.17, 15) is 9.59 Å². The minimum atomic E-state index is -0.360. The lowest BCUT2D eigenvalue weighted by Crippen LogP contribution is -2.34. The lowest BCUT2D eigenvalue weighted by molar-refractivity contribution is -0.149. The molecule has 0 N–H and O–H groups in total. The topological polar surface area (TPSA) is 52.6 Å². The van der Waals surface area contributed by atoms with E-state index in [1.165, 1.54) is 0 Å². The fraction of sp³-hybridized carbons (Fsp3) is 0.818. The number of cyclic esters (lactones) is 1. The van der Waals surface area contributed by atoms with E-state index in [0.717, 1.165) is 12.8 Å². The second-order valence-corrected chi connectivity index (χ2v) is 5.14. The largest absolute Gasteiger partial charge is 0.465 e. The molecule has 0 aromatic rings. The molecule has 0 spiro atoms. The van der Waals surface area contributed by atoms with Gasteiger partial charge in [0.2, 0.25) is 0 Å². The maximum absolute atomic E-state index is 11.5. The third kappa shape index (κ3) is 1.35. The average molecular weight is 245 g/mol. The molecule has 5 unspecified atom stereocenters. The normalized spacial score (nSPS) is 44.3. The highest BCUT2D eigenvalue weighted by atomic mass is 35.5. The van der Waals surface area contributed by atoms with Gasteiger partial charge in [-0.05, 0) is 18.8 Å². The van der Waals surface area contributed by atoms with E-state index in [4.69, 9.17) is 21.1 Å². The van der Waals surface area contributed by atoms with Crippen LogP contribution in [0, 0.1) is 23.7 Å². The molecule has 1 heterocycles. The van der Waals surface area contributed by atoms with E-state index < -0.39 is 0 Å². The molecule has 0 aromatic heterocycles. The summed E-state index contributed by atoms with van der Waals surface area (Å²) in [6.45, 7) is 0.500. The lowest BCUT2D eigenvalue weighted by Gasteiger charge is -2.28. The molecule has 88 valence electrons. The van der Waals surface area contributed by atoms with Crippen molar-refractivity contribution in [2.75, 3.05) is 12.5 Å². The molecule has 4 nitrogen and oxygen atoms in total. The fourth-order valence-electron chi connectivity index (χ4n) is 3.64. The van der Waals surface area contributed by atoms with Crippen LogP contribution >= 0.6 is 11.6 Å². The first-order valence-electron chi connectivity index (χ1n) is 5.62. The molecule has 3 fully saturated rings. The molecule has 2 bridgehead atoms. The van der Waals surface area contributed by atoms with Crippen LogP contribution in [0.1, 0.15) is 12.8 Å². The van der Waals surface area contributed by atoms with Crippen LogP contribution < -0.4 is 0 Å². The van der Waals surface area contributed by atoms with Crippen LogP contribution in [0.2, 0.25) is 0 Å². The van der Waals surface area contributed by atoms with Crippen LogP contribution in [0.3, 0.4) is 0 Å². The monoisotopic (exact) mass is 244 g/mol. The highest BCUT2D eigenvalue weighted by Crippen LogP contribution is 2.55. The van der Waals surface area contributed by atoms with Gasteiger partial charge >= 0.3 is 11.9 Å². The number of alkyl halides is 1. The van der Waals surface area contributed by atoms with Crippen LogP contribution in [-0.4, -0.2) is 30.5 Å². The van der Waals surface area contributed by atoms with Crippen molar-refractivity contribution in [3.63, 3.8) is 0 Å². The van der Waals surface area contributed by atoms with Crippen molar-refractivity contribution in [2.45, 2.75) is 18.9 Å². The Kier molecular flexibility index (Phi) is 2.35. The highest BCUT2D eigenvalue weighted by Gasteiger charge is 2.60. The van der Waals surface area contributed by atoms with E-state index in [-0.39, 0.29) is 35.8 Å². The first-order valence-corrected chi connectivity index (χ1v) is 6.16. The van der Waals surface area contributed by atoms with Crippen molar-refractivity contribution in [2.24, 2.45) is 23.7 Å². The summed E-state index contributed by atoms with van der Waals surface area (Å²) in [6.07, 6.45) is 1.74. The zero-order valence-corrected chi connectivity index (χ0v) is 9.48. The number of hydrogen-bond acceptors (Lipinski definition) is 4. The molecule has 0 radical (unpaired) electrons. The van der Waals surface area contributed by atoms with Gasteiger partial charge in [-0.2, -0.15) is 0 Å². The van der Waals surface area contributed by atoms with Crippen LogP contribution in [0.5, 0.6) is 0 Å². The summed E-state index contributed by atoms with van der Waals surface area (Å²) >= 11 is 5.41. The molecular weight excluding hydrogens is 232 g/mol. The van der Waals surface area contributed by atoms with Crippen molar-refractivity contribution in [3.8, 4) is 0 Å². The number of hydrogen-bond donors (Lipinski definition) is 0. The summed E-state index contributed by atoms with van der Waals surface area (Å²) < 4.78 is 10.4. The number of fused-ring (bicyclic) bond motifs is 5. The minimum Gasteiger partial charge on any atom is -0.465 e. The Morgan fingerprint density at radius 1 is 1.44 bits per heavy atom. The van der Waals surface area contributed by atoms with Gasteiger partial charge in [0.1, 0.15) is 12.0 Å². The Balaban J connectivity index is 1.72. The van der Waals surface area contributed by atoms with Gasteiger partial charge in [0.15, 0.2) is 0 Å². The zero-order valence-electron chi connectivity index (χ0n) is 8.73. The fourth-order valence-corrected chi connectivity index (χ4v) is 3.70. The molecule has 3 aliphatic rings. The van der Waals surface area contributed by atoms with Gasteiger partial charge in [0, 0.05) is 11.8 Å². The van der Waals surface area contributed by atoms with Gasteiger partial charge in [-0.15, -0.1) is 11.6 Å². The van der Waals surface area contributed by atoms with Crippen LogP contribution in [0.25, 0.3) is 0 Å². The molecular formula is C11H13ClO4. The number of carbonyl (C=O) groups excluding carboxylic acids is 2.